The first-order chi connectivity index (χ1) is 7.77. The Bertz CT molecular complexity index is 298. The van der Waals surface area contributed by atoms with E-state index < -0.39 is 0 Å². The third-order valence-electron chi connectivity index (χ3n) is 2.30. The summed E-state index contributed by atoms with van der Waals surface area (Å²) in [5.41, 5.74) is 0. The van der Waals surface area contributed by atoms with Gasteiger partial charge in [0, 0.05) is 11.4 Å². The van der Waals surface area contributed by atoms with Crippen LogP contribution in [0.1, 0.15) is 44.0 Å². The fraction of sp³-hybridized carbons (Fsp3) is 0.583. The van der Waals surface area contributed by atoms with Crippen molar-refractivity contribution >= 4 is 17.4 Å². The minimum Gasteiger partial charge on any atom is -0.338 e. The van der Waals surface area contributed by atoms with E-state index >= 15 is 0 Å². The largest absolute Gasteiger partial charge is 0.338 e. The predicted molar refractivity (Wildman–Crippen MR) is 68.8 cm³/mol. The second-order valence-corrected chi connectivity index (χ2v) is 4.74. The number of rotatable bonds is 6. The van der Waals surface area contributed by atoms with E-state index in [0.717, 1.165) is 25.8 Å². The summed E-state index contributed by atoms with van der Waals surface area (Å²) < 4.78 is 0. The summed E-state index contributed by atoms with van der Waals surface area (Å²) in [5.74, 6) is 0. The molecule has 0 radical (unpaired) electrons. The standard InChI is InChI=1S/C12H20N2OS/c1-3-6-10(11-7-5-9-16-11)14-12(15)13-8-4-2/h5,7,9-10H,3-4,6,8H2,1-2H3,(H2,13,14,15). The number of nitrogens with one attached hydrogen (secondary N) is 2. The van der Waals surface area contributed by atoms with Crippen molar-refractivity contribution in [2.24, 2.45) is 0 Å². The molecule has 1 rings (SSSR count). The van der Waals surface area contributed by atoms with E-state index in [9.17, 15) is 4.79 Å². The average molecular weight is 240 g/mol. The van der Waals surface area contributed by atoms with Gasteiger partial charge in [-0.25, -0.2) is 4.79 Å². The first kappa shape index (κ1) is 13.0. The zero-order valence-electron chi connectivity index (χ0n) is 9.95. The van der Waals surface area contributed by atoms with Gasteiger partial charge in [-0.05, 0) is 24.3 Å². The zero-order chi connectivity index (χ0) is 11.8. The molecule has 0 aliphatic carbocycles. The van der Waals surface area contributed by atoms with Crippen LogP contribution >= 0.6 is 11.3 Å². The maximum absolute atomic E-state index is 11.6. The number of carbonyl (C=O) groups is 1. The van der Waals surface area contributed by atoms with Crippen molar-refractivity contribution in [1.29, 1.82) is 0 Å². The molecular formula is C12H20N2OS. The predicted octanol–water partition coefficient (Wildman–Crippen LogP) is 3.30. The maximum atomic E-state index is 11.6. The molecule has 0 spiro atoms. The molecule has 0 saturated heterocycles. The summed E-state index contributed by atoms with van der Waals surface area (Å²) in [6, 6.07) is 4.19. The molecule has 0 bridgehead atoms. The summed E-state index contributed by atoms with van der Waals surface area (Å²) >= 11 is 1.69. The summed E-state index contributed by atoms with van der Waals surface area (Å²) in [4.78, 5) is 12.8. The van der Waals surface area contributed by atoms with Crippen LogP contribution in [0, 0.1) is 0 Å². The van der Waals surface area contributed by atoms with Gasteiger partial charge in [-0.1, -0.05) is 26.3 Å². The lowest BCUT2D eigenvalue weighted by atomic mass is 10.1. The second kappa shape index (κ2) is 7.28. The highest BCUT2D eigenvalue weighted by Gasteiger charge is 2.13. The highest BCUT2D eigenvalue weighted by molar-refractivity contribution is 7.10. The van der Waals surface area contributed by atoms with Crippen molar-refractivity contribution in [3.63, 3.8) is 0 Å². The third kappa shape index (κ3) is 4.23. The van der Waals surface area contributed by atoms with Crippen molar-refractivity contribution in [3.05, 3.63) is 22.4 Å². The van der Waals surface area contributed by atoms with Gasteiger partial charge in [0.1, 0.15) is 0 Å². The van der Waals surface area contributed by atoms with Gasteiger partial charge in [0.15, 0.2) is 0 Å². The van der Waals surface area contributed by atoms with E-state index in [-0.39, 0.29) is 12.1 Å². The monoisotopic (exact) mass is 240 g/mol. The SMILES string of the molecule is CCCNC(=O)NC(CCC)c1cccs1. The van der Waals surface area contributed by atoms with E-state index in [1.807, 2.05) is 18.4 Å². The molecule has 1 heterocycles. The molecule has 1 atom stereocenters. The lowest BCUT2D eigenvalue weighted by Gasteiger charge is -2.17. The summed E-state index contributed by atoms with van der Waals surface area (Å²) in [7, 11) is 0. The van der Waals surface area contributed by atoms with Crippen LogP contribution < -0.4 is 10.6 Å². The van der Waals surface area contributed by atoms with E-state index in [2.05, 4.69) is 23.6 Å². The Morgan fingerprint density at radius 3 is 2.81 bits per heavy atom. The minimum atomic E-state index is -0.0614. The Kier molecular flexibility index (Phi) is 5.93. The lowest BCUT2D eigenvalue weighted by molar-refractivity contribution is 0.236. The van der Waals surface area contributed by atoms with Crippen LogP contribution in [0.2, 0.25) is 0 Å². The molecule has 2 amide bonds. The summed E-state index contributed by atoms with van der Waals surface area (Å²) in [6.45, 7) is 4.91. The summed E-state index contributed by atoms with van der Waals surface area (Å²) in [6.07, 6.45) is 3.02. The van der Waals surface area contributed by atoms with Crippen LogP contribution in [0.4, 0.5) is 4.79 Å². The first-order valence-electron chi connectivity index (χ1n) is 5.85. The Hall–Kier alpha value is -1.03. The molecule has 90 valence electrons. The maximum Gasteiger partial charge on any atom is 0.315 e. The van der Waals surface area contributed by atoms with Gasteiger partial charge in [-0.15, -0.1) is 11.3 Å². The summed E-state index contributed by atoms with van der Waals surface area (Å²) in [5, 5.41) is 7.90. The molecular weight excluding hydrogens is 220 g/mol. The Morgan fingerprint density at radius 2 is 2.25 bits per heavy atom. The lowest BCUT2D eigenvalue weighted by Crippen LogP contribution is -2.38. The van der Waals surface area contributed by atoms with Crippen molar-refractivity contribution in [2.45, 2.75) is 39.2 Å². The van der Waals surface area contributed by atoms with Gasteiger partial charge >= 0.3 is 6.03 Å². The van der Waals surface area contributed by atoms with Gasteiger partial charge in [0.05, 0.1) is 6.04 Å². The van der Waals surface area contributed by atoms with Gasteiger partial charge in [-0.2, -0.15) is 0 Å². The van der Waals surface area contributed by atoms with Crippen LogP contribution in [-0.4, -0.2) is 12.6 Å². The Labute approximate surface area is 101 Å². The van der Waals surface area contributed by atoms with Crippen molar-refractivity contribution in [3.8, 4) is 0 Å². The second-order valence-electron chi connectivity index (χ2n) is 3.76. The van der Waals surface area contributed by atoms with Crippen LogP contribution in [0.25, 0.3) is 0 Å². The molecule has 0 fully saturated rings. The third-order valence-corrected chi connectivity index (χ3v) is 3.29. The number of hydrogen-bond acceptors (Lipinski definition) is 2. The van der Waals surface area contributed by atoms with Crippen LogP contribution in [0.5, 0.6) is 0 Å². The molecule has 1 unspecified atom stereocenters. The van der Waals surface area contributed by atoms with Gasteiger partial charge < -0.3 is 10.6 Å². The van der Waals surface area contributed by atoms with Crippen LogP contribution in [0.15, 0.2) is 17.5 Å². The number of thiophene rings is 1. The smallest absolute Gasteiger partial charge is 0.315 e. The highest BCUT2D eigenvalue weighted by Crippen LogP contribution is 2.22. The van der Waals surface area contributed by atoms with E-state index in [0.29, 0.717) is 0 Å². The Balaban J connectivity index is 2.48. The topological polar surface area (TPSA) is 41.1 Å². The number of urea groups is 1. The molecule has 3 nitrogen and oxygen atoms in total. The van der Waals surface area contributed by atoms with E-state index in [1.165, 1.54) is 4.88 Å². The molecule has 4 heteroatoms. The zero-order valence-corrected chi connectivity index (χ0v) is 10.8. The van der Waals surface area contributed by atoms with E-state index in [1.54, 1.807) is 11.3 Å². The minimum absolute atomic E-state index is 0.0614. The normalized spacial score (nSPS) is 12.1. The number of hydrogen-bond donors (Lipinski definition) is 2. The van der Waals surface area contributed by atoms with Crippen LogP contribution in [0.3, 0.4) is 0 Å². The van der Waals surface area contributed by atoms with Crippen molar-refractivity contribution in [1.82, 2.24) is 10.6 Å². The fourth-order valence-electron chi connectivity index (χ4n) is 1.51. The van der Waals surface area contributed by atoms with Gasteiger partial charge in [0.2, 0.25) is 0 Å². The average Bonchev–Trinajstić information content (AvgIpc) is 2.79. The van der Waals surface area contributed by atoms with Crippen molar-refractivity contribution < 1.29 is 4.79 Å². The number of carbonyl (C=O) groups excluding carboxylic acids is 1. The first-order valence-corrected chi connectivity index (χ1v) is 6.73. The van der Waals surface area contributed by atoms with Gasteiger partial charge in [-0.3, -0.25) is 0 Å². The highest BCUT2D eigenvalue weighted by atomic mass is 32.1. The van der Waals surface area contributed by atoms with Crippen LogP contribution in [-0.2, 0) is 0 Å². The molecule has 0 aliphatic rings. The van der Waals surface area contributed by atoms with E-state index in [4.69, 9.17) is 0 Å². The molecule has 2 N–H and O–H groups in total. The molecule has 0 saturated carbocycles. The molecule has 16 heavy (non-hydrogen) atoms. The fourth-order valence-corrected chi connectivity index (χ4v) is 2.32. The van der Waals surface area contributed by atoms with Gasteiger partial charge in [0.25, 0.3) is 0 Å². The molecule has 1 aromatic rings. The number of amides is 2. The molecule has 1 aromatic heterocycles. The molecule has 0 aliphatic heterocycles. The molecule has 0 aromatic carbocycles. The van der Waals surface area contributed by atoms with Crippen molar-refractivity contribution in [2.75, 3.05) is 6.54 Å². The Morgan fingerprint density at radius 1 is 1.44 bits per heavy atom. The quantitative estimate of drug-likeness (QED) is 0.787.